The van der Waals surface area contributed by atoms with Gasteiger partial charge in [0.05, 0.1) is 27.2 Å². The zero-order valence-corrected chi connectivity index (χ0v) is 29.0. The SMILES string of the molecule is CCn1cc(C2=CC=CC(Cl)C=C2Cl)nc1/C=C/c1ccc(-c2ccc(Oc3ccc(C(=O)O)cc3NS(=O)(=O)c3ccccc3)cc2)cc1. The number of alkyl halides is 1. The van der Waals surface area contributed by atoms with E-state index in [0.717, 1.165) is 40.3 Å². The molecule has 0 aliphatic heterocycles. The van der Waals surface area contributed by atoms with Gasteiger partial charge in [-0.15, -0.1) is 11.6 Å². The highest BCUT2D eigenvalue weighted by molar-refractivity contribution is 7.92. The fourth-order valence-corrected chi connectivity index (χ4v) is 6.86. The second kappa shape index (κ2) is 15.0. The Balaban J connectivity index is 1.16. The monoisotopic (exact) mass is 723 g/mol. The third-order valence-corrected chi connectivity index (χ3v) is 9.80. The average molecular weight is 725 g/mol. The van der Waals surface area contributed by atoms with Crippen LogP contribution in [0.2, 0.25) is 0 Å². The van der Waals surface area contributed by atoms with Crippen LogP contribution in [0.25, 0.3) is 28.9 Å². The van der Waals surface area contributed by atoms with Crippen LogP contribution in [0.3, 0.4) is 0 Å². The van der Waals surface area contributed by atoms with E-state index in [-0.39, 0.29) is 27.3 Å². The van der Waals surface area contributed by atoms with Crippen molar-refractivity contribution < 1.29 is 23.1 Å². The molecule has 6 rings (SSSR count). The van der Waals surface area contributed by atoms with Gasteiger partial charge in [-0.1, -0.05) is 90.5 Å². The van der Waals surface area contributed by atoms with E-state index < -0.39 is 16.0 Å². The highest BCUT2D eigenvalue weighted by atomic mass is 35.5. The van der Waals surface area contributed by atoms with Crippen molar-refractivity contribution in [3.05, 3.63) is 155 Å². The van der Waals surface area contributed by atoms with Gasteiger partial charge in [0, 0.05) is 23.3 Å². The Morgan fingerprint density at radius 3 is 2.36 bits per heavy atom. The first-order chi connectivity index (χ1) is 24.1. The van der Waals surface area contributed by atoms with Gasteiger partial charge in [-0.3, -0.25) is 4.72 Å². The van der Waals surface area contributed by atoms with Crippen molar-refractivity contribution in [2.75, 3.05) is 4.72 Å². The quantitative estimate of drug-likeness (QED) is 0.131. The van der Waals surface area contributed by atoms with Gasteiger partial charge >= 0.3 is 5.97 Å². The van der Waals surface area contributed by atoms with Crippen molar-refractivity contribution in [3.63, 3.8) is 0 Å². The number of carboxylic acids is 1. The lowest BCUT2D eigenvalue weighted by Gasteiger charge is -2.15. The Bertz CT molecular complexity index is 2260. The summed E-state index contributed by atoms with van der Waals surface area (Å²) in [5.74, 6) is 0.202. The fraction of sp³-hybridized carbons (Fsp3) is 0.0769. The summed E-state index contributed by atoms with van der Waals surface area (Å²) < 4.78 is 36.6. The molecular formula is C39H31Cl2N3O5S. The van der Waals surface area contributed by atoms with Crippen molar-refractivity contribution in [2.24, 2.45) is 0 Å². The van der Waals surface area contributed by atoms with Crippen LogP contribution in [0.4, 0.5) is 5.69 Å². The molecule has 0 saturated heterocycles. The van der Waals surface area contributed by atoms with Crippen LogP contribution in [0.5, 0.6) is 11.5 Å². The second-order valence-electron chi connectivity index (χ2n) is 11.2. The third kappa shape index (κ3) is 8.09. The molecule has 0 saturated carbocycles. The summed E-state index contributed by atoms with van der Waals surface area (Å²) >= 11 is 12.8. The van der Waals surface area contributed by atoms with Crippen molar-refractivity contribution >= 4 is 62.6 Å². The topological polar surface area (TPSA) is 111 Å². The van der Waals surface area contributed by atoms with Crippen molar-refractivity contribution in [1.82, 2.24) is 9.55 Å². The largest absolute Gasteiger partial charge is 0.478 e. The maximum atomic E-state index is 13.0. The lowest BCUT2D eigenvalue weighted by atomic mass is 10.0. The first-order valence-corrected chi connectivity index (χ1v) is 17.9. The molecule has 1 heterocycles. The number of hydrogen-bond donors (Lipinski definition) is 2. The number of aromatic carboxylic acids is 1. The van der Waals surface area contributed by atoms with Crippen molar-refractivity contribution in [3.8, 4) is 22.6 Å². The normalized spacial score (nSPS) is 14.6. The molecule has 1 aromatic heterocycles. The van der Waals surface area contributed by atoms with E-state index >= 15 is 0 Å². The van der Waals surface area contributed by atoms with Crippen LogP contribution in [-0.2, 0) is 16.6 Å². The van der Waals surface area contributed by atoms with E-state index in [4.69, 9.17) is 32.9 Å². The van der Waals surface area contributed by atoms with Gasteiger partial charge in [0.25, 0.3) is 10.0 Å². The zero-order valence-electron chi connectivity index (χ0n) is 26.7. The Kier molecular flexibility index (Phi) is 10.4. The summed E-state index contributed by atoms with van der Waals surface area (Å²) in [6, 6.07) is 27.2. The van der Waals surface area contributed by atoms with E-state index in [2.05, 4.69) is 16.2 Å². The molecule has 8 nitrogen and oxygen atoms in total. The molecule has 0 fully saturated rings. The predicted molar refractivity (Wildman–Crippen MR) is 200 cm³/mol. The molecule has 11 heteroatoms. The number of nitrogens with zero attached hydrogens (tertiary/aromatic N) is 2. The number of carbonyl (C=O) groups is 1. The summed E-state index contributed by atoms with van der Waals surface area (Å²) in [6.45, 7) is 2.80. The fourth-order valence-electron chi connectivity index (χ4n) is 5.21. The number of aromatic nitrogens is 2. The molecular weight excluding hydrogens is 693 g/mol. The van der Waals surface area contributed by atoms with Gasteiger partial charge in [-0.05, 0) is 78.2 Å². The summed E-state index contributed by atoms with van der Waals surface area (Å²) in [4.78, 5) is 16.5. The number of sulfonamides is 1. The van der Waals surface area contributed by atoms with Gasteiger partial charge in [0.1, 0.15) is 11.6 Å². The number of rotatable bonds is 11. The zero-order chi connectivity index (χ0) is 35.3. The van der Waals surface area contributed by atoms with Crippen LogP contribution >= 0.6 is 23.2 Å². The van der Waals surface area contributed by atoms with Gasteiger partial charge in [0.2, 0.25) is 0 Å². The number of anilines is 1. The number of halogens is 2. The molecule has 4 aromatic carbocycles. The lowest BCUT2D eigenvalue weighted by molar-refractivity contribution is 0.0697. The average Bonchev–Trinajstić information content (AvgIpc) is 3.45. The first-order valence-electron chi connectivity index (χ1n) is 15.6. The van der Waals surface area contributed by atoms with E-state index in [1.807, 2.05) is 73.0 Å². The maximum absolute atomic E-state index is 13.0. The number of hydrogen-bond acceptors (Lipinski definition) is 5. The summed E-state index contributed by atoms with van der Waals surface area (Å²) in [5.41, 5.74) is 4.43. The molecule has 252 valence electrons. The highest BCUT2D eigenvalue weighted by Gasteiger charge is 2.19. The van der Waals surface area contributed by atoms with Gasteiger partial charge in [-0.25, -0.2) is 18.2 Å². The van der Waals surface area contributed by atoms with E-state index in [9.17, 15) is 18.3 Å². The van der Waals surface area contributed by atoms with Gasteiger partial charge in [-0.2, -0.15) is 0 Å². The number of imidazole rings is 1. The molecule has 1 atom stereocenters. The number of aryl methyl sites for hydroxylation is 1. The molecule has 1 aliphatic rings. The Labute approximate surface area is 300 Å². The summed E-state index contributed by atoms with van der Waals surface area (Å²) in [5, 5.41) is 9.79. The number of ether oxygens (including phenoxy) is 1. The van der Waals surface area contributed by atoms with E-state index in [1.54, 1.807) is 36.4 Å². The molecule has 1 aliphatic carbocycles. The molecule has 1 unspecified atom stereocenters. The third-order valence-electron chi connectivity index (χ3n) is 7.82. The van der Waals surface area contributed by atoms with Gasteiger partial charge in [0.15, 0.2) is 5.75 Å². The highest BCUT2D eigenvalue weighted by Crippen LogP contribution is 2.34. The molecule has 0 bridgehead atoms. The minimum absolute atomic E-state index is 0.00267. The first kappa shape index (κ1) is 34.5. The van der Waals surface area contributed by atoms with Crippen LogP contribution in [0.15, 0.2) is 137 Å². The van der Waals surface area contributed by atoms with Crippen LogP contribution in [0, 0.1) is 0 Å². The van der Waals surface area contributed by atoms with E-state index in [1.165, 1.54) is 30.3 Å². The Morgan fingerprint density at radius 1 is 0.980 bits per heavy atom. The van der Waals surface area contributed by atoms with Crippen LogP contribution in [0.1, 0.15) is 34.4 Å². The van der Waals surface area contributed by atoms with E-state index in [0.29, 0.717) is 10.8 Å². The predicted octanol–water partition coefficient (Wildman–Crippen LogP) is 9.72. The molecule has 2 N–H and O–H groups in total. The van der Waals surface area contributed by atoms with Crippen molar-refractivity contribution in [2.45, 2.75) is 23.7 Å². The number of nitrogens with one attached hydrogen (secondary N) is 1. The summed E-state index contributed by atoms with van der Waals surface area (Å²) in [6.07, 6.45) is 13.4. The maximum Gasteiger partial charge on any atom is 0.335 e. The molecule has 0 amide bonds. The molecule has 0 radical (unpaired) electrons. The van der Waals surface area contributed by atoms with Crippen LogP contribution in [-0.4, -0.2) is 34.4 Å². The lowest BCUT2D eigenvalue weighted by Crippen LogP contribution is -2.14. The van der Waals surface area contributed by atoms with Crippen molar-refractivity contribution in [1.29, 1.82) is 0 Å². The number of allylic oxidation sites excluding steroid dienone is 6. The molecule has 5 aromatic rings. The number of carboxylic acid groups (broad SMARTS) is 1. The van der Waals surface area contributed by atoms with Gasteiger partial charge < -0.3 is 14.4 Å². The Morgan fingerprint density at radius 2 is 1.68 bits per heavy atom. The smallest absolute Gasteiger partial charge is 0.335 e. The van der Waals surface area contributed by atoms with Crippen LogP contribution < -0.4 is 9.46 Å². The molecule has 0 spiro atoms. The molecule has 50 heavy (non-hydrogen) atoms. The minimum Gasteiger partial charge on any atom is -0.478 e. The second-order valence-corrected chi connectivity index (χ2v) is 13.8. The summed E-state index contributed by atoms with van der Waals surface area (Å²) in [7, 11) is -4.00. The Hall–Kier alpha value is -5.35. The standard InChI is InChI=1S/C39H31Cl2N3O5S/c1-2-44-25-36(33-10-6-7-30(40)24-34(33)41)42-38(44)22-13-26-11-14-27(15-12-26)28-16-19-31(20-17-28)49-37-21-18-29(39(45)46)23-35(37)43-50(47,48)32-8-4-3-5-9-32/h3-25,30,43H,2H2,1H3,(H,45,46)/b22-13+. The number of benzene rings is 4. The minimum atomic E-state index is -4.00.